The summed E-state index contributed by atoms with van der Waals surface area (Å²) in [6.07, 6.45) is 4.33. The molecule has 0 aromatic carbocycles. The Kier molecular flexibility index (Phi) is 4.22. The molecule has 1 aromatic heterocycles. The molecule has 1 saturated heterocycles. The Morgan fingerprint density at radius 3 is 2.79 bits per heavy atom. The minimum atomic E-state index is -0.386. The molecule has 4 rings (SSSR count). The maximum atomic E-state index is 13.0. The van der Waals surface area contributed by atoms with Gasteiger partial charge >= 0.3 is 0 Å². The van der Waals surface area contributed by atoms with E-state index in [0.717, 1.165) is 38.6 Å². The summed E-state index contributed by atoms with van der Waals surface area (Å²) in [4.78, 5) is 27.3. The lowest BCUT2D eigenvalue weighted by Crippen LogP contribution is -2.47. The number of nitrogens with one attached hydrogen (secondary N) is 1. The van der Waals surface area contributed by atoms with Crippen molar-refractivity contribution in [1.29, 1.82) is 0 Å². The molecule has 1 aromatic rings. The number of hydrogen-bond acceptors (Lipinski definition) is 5. The zero-order valence-electron chi connectivity index (χ0n) is 13.5. The van der Waals surface area contributed by atoms with Crippen molar-refractivity contribution >= 4 is 23.4 Å². The van der Waals surface area contributed by atoms with Crippen molar-refractivity contribution in [2.45, 2.75) is 44.7 Å². The number of imide groups is 1. The fourth-order valence-corrected chi connectivity index (χ4v) is 3.66. The Hall–Kier alpha value is -1.60. The molecule has 8 heteroatoms. The Morgan fingerprint density at radius 2 is 2.12 bits per heavy atom. The highest BCUT2D eigenvalue weighted by Gasteiger charge is 2.42. The lowest BCUT2D eigenvalue weighted by atomic mass is 9.98. The van der Waals surface area contributed by atoms with Crippen molar-refractivity contribution in [1.82, 2.24) is 20.0 Å². The highest BCUT2D eigenvalue weighted by atomic mass is 35.5. The van der Waals surface area contributed by atoms with Gasteiger partial charge in [0.1, 0.15) is 5.02 Å². The van der Waals surface area contributed by atoms with E-state index in [1.807, 2.05) is 0 Å². The molecule has 0 bridgehead atoms. The molecule has 1 unspecified atom stereocenters. The van der Waals surface area contributed by atoms with Gasteiger partial charge in [-0.05, 0) is 32.2 Å². The van der Waals surface area contributed by atoms with Gasteiger partial charge in [0.25, 0.3) is 5.91 Å². The monoisotopic (exact) mass is 352 g/mol. The molecular weight excluding hydrogens is 332 g/mol. The van der Waals surface area contributed by atoms with Crippen LogP contribution < -0.4 is 10.1 Å². The predicted octanol–water partition coefficient (Wildman–Crippen LogP) is 1.45. The first-order valence-electron chi connectivity index (χ1n) is 8.64. The third-order valence-electron chi connectivity index (χ3n) is 4.82. The van der Waals surface area contributed by atoms with E-state index in [1.165, 1.54) is 4.90 Å². The van der Waals surface area contributed by atoms with Crippen LogP contribution in [0.2, 0.25) is 5.02 Å². The topological polar surface area (TPSA) is 76.5 Å². The normalized spacial score (nSPS) is 23.3. The second-order valence-corrected chi connectivity index (χ2v) is 7.06. The average molecular weight is 353 g/mol. The second kappa shape index (κ2) is 6.37. The minimum absolute atomic E-state index is 0.0114. The SMILES string of the molecule is O=C(c1nn2c(c1Cl)OCCC2)N(C(=O)C1CCCNC1)C1CC1. The number of nitrogens with zero attached hydrogens (tertiary/aromatic N) is 3. The lowest BCUT2D eigenvalue weighted by Gasteiger charge is -2.28. The molecule has 1 N–H and O–H groups in total. The summed E-state index contributed by atoms with van der Waals surface area (Å²) >= 11 is 6.32. The third kappa shape index (κ3) is 2.80. The van der Waals surface area contributed by atoms with Crippen molar-refractivity contribution in [3.8, 4) is 5.88 Å². The second-order valence-electron chi connectivity index (χ2n) is 6.68. The number of ether oxygens (including phenoxy) is 1. The molecule has 24 heavy (non-hydrogen) atoms. The number of rotatable bonds is 3. The maximum absolute atomic E-state index is 13.0. The standard InChI is InChI=1S/C16H21ClN4O3/c17-12-13(19-20-7-2-8-24-16(12)20)15(23)21(11-4-5-11)14(22)10-3-1-6-18-9-10/h10-11,18H,1-9H2. The number of carbonyl (C=O) groups excluding carboxylic acids is 2. The summed E-state index contributed by atoms with van der Waals surface area (Å²) in [5.74, 6) is -0.189. The van der Waals surface area contributed by atoms with Crippen LogP contribution in [0.4, 0.5) is 0 Å². The van der Waals surface area contributed by atoms with Crippen LogP contribution in [0.3, 0.4) is 0 Å². The van der Waals surface area contributed by atoms with Gasteiger partial charge in [0.2, 0.25) is 11.8 Å². The van der Waals surface area contributed by atoms with Gasteiger partial charge in [0, 0.05) is 25.6 Å². The van der Waals surface area contributed by atoms with Crippen LogP contribution in [0.25, 0.3) is 0 Å². The van der Waals surface area contributed by atoms with Gasteiger partial charge in [-0.25, -0.2) is 4.68 Å². The van der Waals surface area contributed by atoms with Crippen molar-refractivity contribution in [3.05, 3.63) is 10.7 Å². The Labute approximate surface area is 145 Å². The Balaban J connectivity index is 1.60. The van der Waals surface area contributed by atoms with E-state index in [0.29, 0.717) is 25.6 Å². The van der Waals surface area contributed by atoms with Crippen LogP contribution in [0.15, 0.2) is 0 Å². The van der Waals surface area contributed by atoms with Crippen LogP contribution >= 0.6 is 11.6 Å². The van der Waals surface area contributed by atoms with Crippen LogP contribution in [0, 0.1) is 5.92 Å². The minimum Gasteiger partial charge on any atom is -0.477 e. The molecule has 3 heterocycles. The summed E-state index contributed by atoms with van der Waals surface area (Å²) in [5.41, 5.74) is 0.137. The molecule has 0 spiro atoms. The summed E-state index contributed by atoms with van der Waals surface area (Å²) in [5, 5.41) is 7.77. The van der Waals surface area contributed by atoms with Gasteiger partial charge in [0.15, 0.2) is 5.69 Å². The smallest absolute Gasteiger partial charge is 0.282 e. The molecule has 0 radical (unpaired) electrons. The first-order valence-corrected chi connectivity index (χ1v) is 9.02. The summed E-state index contributed by atoms with van der Waals surface area (Å²) in [7, 11) is 0. The number of carbonyl (C=O) groups is 2. The van der Waals surface area contributed by atoms with Crippen LogP contribution in [0.5, 0.6) is 5.88 Å². The van der Waals surface area contributed by atoms with E-state index in [4.69, 9.17) is 16.3 Å². The number of piperidine rings is 1. The van der Waals surface area contributed by atoms with Gasteiger partial charge in [-0.15, -0.1) is 0 Å². The number of aryl methyl sites for hydroxylation is 1. The van der Waals surface area contributed by atoms with Crippen molar-refractivity contribution in [2.75, 3.05) is 19.7 Å². The Morgan fingerprint density at radius 1 is 1.29 bits per heavy atom. The van der Waals surface area contributed by atoms with Gasteiger partial charge < -0.3 is 10.1 Å². The van der Waals surface area contributed by atoms with E-state index in [-0.39, 0.29) is 34.5 Å². The number of fused-ring (bicyclic) bond motifs is 1. The van der Waals surface area contributed by atoms with Gasteiger partial charge in [-0.3, -0.25) is 14.5 Å². The number of aromatic nitrogens is 2. The predicted molar refractivity (Wildman–Crippen MR) is 87.1 cm³/mol. The fraction of sp³-hybridized carbons (Fsp3) is 0.688. The van der Waals surface area contributed by atoms with Gasteiger partial charge in [-0.1, -0.05) is 11.6 Å². The molecule has 2 aliphatic heterocycles. The highest BCUT2D eigenvalue weighted by Crippen LogP contribution is 2.35. The summed E-state index contributed by atoms with van der Waals surface area (Å²) in [6, 6.07) is -0.0114. The molecule has 1 atom stereocenters. The number of hydrogen-bond donors (Lipinski definition) is 1. The molecule has 3 aliphatic rings. The number of halogens is 1. The summed E-state index contributed by atoms with van der Waals surface area (Å²) in [6.45, 7) is 2.80. The largest absolute Gasteiger partial charge is 0.477 e. The van der Waals surface area contributed by atoms with Crippen LogP contribution in [0.1, 0.15) is 42.6 Å². The highest BCUT2D eigenvalue weighted by molar-refractivity contribution is 6.35. The van der Waals surface area contributed by atoms with E-state index in [2.05, 4.69) is 10.4 Å². The van der Waals surface area contributed by atoms with Gasteiger partial charge in [-0.2, -0.15) is 5.10 Å². The maximum Gasteiger partial charge on any atom is 0.282 e. The molecule has 1 aliphatic carbocycles. The molecule has 1 saturated carbocycles. The van der Waals surface area contributed by atoms with E-state index < -0.39 is 0 Å². The van der Waals surface area contributed by atoms with E-state index >= 15 is 0 Å². The van der Waals surface area contributed by atoms with Crippen molar-refractivity contribution < 1.29 is 14.3 Å². The first-order chi connectivity index (χ1) is 11.7. The van der Waals surface area contributed by atoms with Crippen LogP contribution in [-0.4, -0.2) is 52.2 Å². The molecule has 2 fully saturated rings. The zero-order valence-corrected chi connectivity index (χ0v) is 14.2. The lowest BCUT2D eigenvalue weighted by molar-refractivity contribution is -0.133. The van der Waals surface area contributed by atoms with E-state index in [9.17, 15) is 9.59 Å². The van der Waals surface area contributed by atoms with Gasteiger partial charge in [0.05, 0.1) is 12.5 Å². The van der Waals surface area contributed by atoms with Crippen LogP contribution in [-0.2, 0) is 11.3 Å². The molecule has 2 amide bonds. The third-order valence-corrected chi connectivity index (χ3v) is 5.16. The molecular formula is C16H21ClN4O3. The average Bonchev–Trinajstić information content (AvgIpc) is 3.39. The fourth-order valence-electron chi connectivity index (χ4n) is 3.39. The Bertz CT molecular complexity index is 665. The van der Waals surface area contributed by atoms with Crippen molar-refractivity contribution in [3.63, 3.8) is 0 Å². The zero-order chi connectivity index (χ0) is 16.7. The molecule has 7 nitrogen and oxygen atoms in total. The first kappa shape index (κ1) is 15.9. The van der Waals surface area contributed by atoms with E-state index in [1.54, 1.807) is 4.68 Å². The molecule has 130 valence electrons. The quantitative estimate of drug-likeness (QED) is 0.833. The van der Waals surface area contributed by atoms with Crippen molar-refractivity contribution in [2.24, 2.45) is 5.92 Å². The summed E-state index contributed by atoms with van der Waals surface area (Å²) < 4.78 is 7.14. The number of amides is 2.